The molecule has 0 spiro atoms. The van der Waals surface area contributed by atoms with Crippen molar-refractivity contribution < 1.29 is 0 Å². The third-order valence-corrected chi connectivity index (χ3v) is 4.68. The fourth-order valence-corrected chi connectivity index (χ4v) is 3.51. The normalized spacial score (nSPS) is 30.9. The molecule has 0 N–H and O–H groups in total. The molecule has 2 nitrogen and oxygen atoms in total. The lowest BCUT2D eigenvalue weighted by atomic mass is 9.82. The Morgan fingerprint density at radius 1 is 1.00 bits per heavy atom. The summed E-state index contributed by atoms with van der Waals surface area (Å²) in [5.41, 5.74) is 0. The van der Waals surface area contributed by atoms with Gasteiger partial charge in [0.05, 0.1) is 0 Å². The number of hydrogen-bond donors (Lipinski definition) is 0. The second kappa shape index (κ2) is 6.02. The van der Waals surface area contributed by atoms with Crippen LogP contribution >= 0.6 is 0 Å². The Morgan fingerprint density at radius 3 is 2.06 bits per heavy atom. The predicted molar refractivity (Wildman–Crippen MR) is 69.7 cm³/mol. The van der Waals surface area contributed by atoms with Gasteiger partial charge in [-0.15, -0.1) is 0 Å². The van der Waals surface area contributed by atoms with Crippen LogP contribution in [-0.4, -0.2) is 49.1 Å². The van der Waals surface area contributed by atoms with Crippen LogP contribution in [0.1, 0.15) is 39.5 Å². The van der Waals surface area contributed by atoms with Crippen molar-refractivity contribution in [3.05, 3.63) is 0 Å². The highest BCUT2D eigenvalue weighted by atomic mass is 15.2. The third-order valence-electron chi connectivity index (χ3n) is 4.68. The van der Waals surface area contributed by atoms with Crippen LogP contribution in [0.5, 0.6) is 0 Å². The van der Waals surface area contributed by atoms with Crippen molar-refractivity contribution >= 4 is 0 Å². The second-order valence-electron chi connectivity index (χ2n) is 5.59. The van der Waals surface area contributed by atoms with Crippen LogP contribution in [0.2, 0.25) is 0 Å². The molecular weight excluding hydrogens is 196 g/mol. The maximum absolute atomic E-state index is 2.72. The van der Waals surface area contributed by atoms with Crippen LogP contribution < -0.4 is 0 Å². The zero-order valence-corrected chi connectivity index (χ0v) is 11.1. The van der Waals surface area contributed by atoms with Gasteiger partial charge in [-0.2, -0.15) is 0 Å². The number of nitrogens with zero attached hydrogens (tertiary/aromatic N) is 2. The van der Waals surface area contributed by atoms with E-state index < -0.39 is 0 Å². The van der Waals surface area contributed by atoms with Crippen molar-refractivity contribution in [3.8, 4) is 0 Å². The average molecular weight is 224 g/mol. The Kier molecular flexibility index (Phi) is 4.66. The van der Waals surface area contributed by atoms with Gasteiger partial charge in [0.25, 0.3) is 0 Å². The molecule has 0 bridgehead atoms. The molecule has 1 aliphatic carbocycles. The number of hydrogen-bond acceptors (Lipinski definition) is 2. The SMILES string of the molecule is CCN(CC)CCN1CC2CCCCC2C1. The third kappa shape index (κ3) is 2.98. The van der Waals surface area contributed by atoms with E-state index >= 15 is 0 Å². The molecule has 2 unspecified atom stereocenters. The molecule has 0 radical (unpaired) electrons. The average Bonchev–Trinajstić information content (AvgIpc) is 2.73. The van der Waals surface area contributed by atoms with Gasteiger partial charge < -0.3 is 9.80 Å². The molecule has 2 rings (SSSR count). The van der Waals surface area contributed by atoms with Crippen LogP contribution in [0, 0.1) is 11.8 Å². The number of likely N-dealkylation sites (tertiary alicyclic amines) is 1. The smallest absolute Gasteiger partial charge is 0.0110 e. The van der Waals surface area contributed by atoms with Gasteiger partial charge in [0.15, 0.2) is 0 Å². The van der Waals surface area contributed by atoms with Crippen LogP contribution in [0.25, 0.3) is 0 Å². The molecule has 0 aromatic rings. The van der Waals surface area contributed by atoms with Crippen LogP contribution in [0.15, 0.2) is 0 Å². The Bertz CT molecular complexity index is 187. The van der Waals surface area contributed by atoms with Gasteiger partial charge in [0.2, 0.25) is 0 Å². The molecule has 94 valence electrons. The molecule has 0 amide bonds. The Morgan fingerprint density at radius 2 is 1.56 bits per heavy atom. The van der Waals surface area contributed by atoms with Crippen molar-refractivity contribution in [2.24, 2.45) is 11.8 Å². The minimum Gasteiger partial charge on any atom is -0.303 e. The highest BCUT2D eigenvalue weighted by Gasteiger charge is 2.33. The van der Waals surface area contributed by atoms with E-state index in [9.17, 15) is 0 Å². The van der Waals surface area contributed by atoms with E-state index in [4.69, 9.17) is 0 Å². The van der Waals surface area contributed by atoms with E-state index in [0.29, 0.717) is 0 Å². The van der Waals surface area contributed by atoms with Crippen LogP contribution in [0.4, 0.5) is 0 Å². The molecule has 1 heterocycles. The molecular formula is C14H28N2. The molecule has 2 aliphatic rings. The van der Waals surface area contributed by atoms with Crippen molar-refractivity contribution in [2.75, 3.05) is 39.3 Å². The first kappa shape index (κ1) is 12.4. The van der Waals surface area contributed by atoms with Gasteiger partial charge in [-0.1, -0.05) is 26.7 Å². The summed E-state index contributed by atoms with van der Waals surface area (Å²) in [5.74, 6) is 2.09. The van der Waals surface area contributed by atoms with Gasteiger partial charge in [0, 0.05) is 26.2 Å². The number of rotatable bonds is 5. The maximum atomic E-state index is 2.72. The predicted octanol–water partition coefficient (Wildman–Crippen LogP) is 2.45. The lowest BCUT2D eigenvalue weighted by Gasteiger charge is -2.23. The number of fused-ring (bicyclic) bond motifs is 1. The standard InChI is InChI=1S/C14H28N2/c1-3-15(4-2)9-10-16-11-13-7-5-6-8-14(13)12-16/h13-14H,3-12H2,1-2H3. The molecule has 1 saturated heterocycles. The number of likely N-dealkylation sites (N-methyl/N-ethyl adjacent to an activating group) is 1. The van der Waals surface area contributed by atoms with E-state index in [2.05, 4.69) is 23.6 Å². The molecule has 1 aliphatic heterocycles. The zero-order valence-electron chi connectivity index (χ0n) is 11.1. The van der Waals surface area contributed by atoms with Crippen molar-refractivity contribution in [3.63, 3.8) is 0 Å². The van der Waals surface area contributed by atoms with E-state index in [1.54, 1.807) is 0 Å². The minimum absolute atomic E-state index is 1.05. The molecule has 0 aromatic carbocycles. The monoisotopic (exact) mass is 224 g/mol. The molecule has 1 saturated carbocycles. The molecule has 16 heavy (non-hydrogen) atoms. The summed E-state index contributed by atoms with van der Waals surface area (Å²) in [7, 11) is 0. The topological polar surface area (TPSA) is 6.48 Å². The Labute approximate surface area is 101 Å². The second-order valence-corrected chi connectivity index (χ2v) is 5.59. The molecule has 2 atom stereocenters. The van der Waals surface area contributed by atoms with E-state index in [1.165, 1.54) is 65.0 Å². The van der Waals surface area contributed by atoms with Gasteiger partial charge in [-0.05, 0) is 37.8 Å². The van der Waals surface area contributed by atoms with Gasteiger partial charge >= 0.3 is 0 Å². The lowest BCUT2D eigenvalue weighted by molar-refractivity contribution is 0.235. The van der Waals surface area contributed by atoms with Crippen molar-refractivity contribution in [2.45, 2.75) is 39.5 Å². The summed E-state index contributed by atoms with van der Waals surface area (Å²) in [4.78, 5) is 5.26. The van der Waals surface area contributed by atoms with Gasteiger partial charge in [-0.25, -0.2) is 0 Å². The first-order chi connectivity index (χ1) is 7.83. The van der Waals surface area contributed by atoms with Gasteiger partial charge in [0.1, 0.15) is 0 Å². The molecule has 2 fully saturated rings. The maximum Gasteiger partial charge on any atom is 0.0110 e. The van der Waals surface area contributed by atoms with E-state index in [0.717, 1.165) is 11.8 Å². The van der Waals surface area contributed by atoms with Crippen LogP contribution in [0.3, 0.4) is 0 Å². The van der Waals surface area contributed by atoms with E-state index in [1.807, 2.05) is 0 Å². The minimum atomic E-state index is 1.05. The Hall–Kier alpha value is -0.0800. The fourth-order valence-electron chi connectivity index (χ4n) is 3.51. The Balaban J connectivity index is 1.71. The molecule has 2 heteroatoms. The zero-order chi connectivity index (χ0) is 11.4. The summed E-state index contributed by atoms with van der Waals surface area (Å²) >= 11 is 0. The summed E-state index contributed by atoms with van der Waals surface area (Å²) in [6.07, 6.45) is 6.00. The van der Waals surface area contributed by atoms with Crippen LogP contribution in [-0.2, 0) is 0 Å². The lowest BCUT2D eigenvalue weighted by Crippen LogP contribution is -2.34. The fraction of sp³-hybridized carbons (Fsp3) is 1.00. The summed E-state index contributed by atoms with van der Waals surface area (Å²) < 4.78 is 0. The summed E-state index contributed by atoms with van der Waals surface area (Å²) in [5, 5.41) is 0. The highest BCUT2D eigenvalue weighted by molar-refractivity contribution is 4.86. The first-order valence-electron chi connectivity index (χ1n) is 7.28. The van der Waals surface area contributed by atoms with E-state index in [-0.39, 0.29) is 0 Å². The molecule has 0 aromatic heterocycles. The van der Waals surface area contributed by atoms with Gasteiger partial charge in [-0.3, -0.25) is 0 Å². The first-order valence-corrected chi connectivity index (χ1v) is 7.28. The quantitative estimate of drug-likeness (QED) is 0.708. The summed E-state index contributed by atoms with van der Waals surface area (Å²) in [6.45, 7) is 12.3. The van der Waals surface area contributed by atoms with Crippen molar-refractivity contribution in [1.82, 2.24) is 9.80 Å². The highest BCUT2D eigenvalue weighted by Crippen LogP contribution is 2.35. The summed E-state index contributed by atoms with van der Waals surface area (Å²) in [6, 6.07) is 0. The largest absolute Gasteiger partial charge is 0.303 e. The van der Waals surface area contributed by atoms with Crippen molar-refractivity contribution in [1.29, 1.82) is 0 Å².